The van der Waals surface area contributed by atoms with E-state index in [0.717, 1.165) is 18.6 Å². The highest BCUT2D eigenvalue weighted by Gasteiger charge is 2.20. The van der Waals surface area contributed by atoms with Crippen molar-refractivity contribution in [2.24, 2.45) is 0 Å². The lowest BCUT2D eigenvalue weighted by Gasteiger charge is -2.16. The molecule has 0 spiro atoms. The SMILES string of the molecule is Cc1cccc(CS[C@H](C)C(=O)NC2CCCC2)c1. The van der Waals surface area contributed by atoms with Crippen molar-refractivity contribution < 1.29 is 4.79 Å². The largest absolute Gasteiger partial charge is 0.352 e. The van der Waals surface area contributed by atoms with Gasteiger partial charge in [-0.3, -0.25) is 4.79 Å². The number of nitrogens with one attached hydrogen (secondary N) is 1. The topological polar surface area (TPSA) is 29.1 Å². The summed E-state index contributed by atoms with van der Waals surface area (Å²) in [5.74, 6) is 1.10. The van der Waals surface area contributed by atoms with E-state index in [4.69, 9.17) is 0 Å². The summed E-state index contributed by atoms with van der Waals surface area (Å²) in [6.45, 7) is 4.11. The van der Waals surface area contributed by atoms with Crippen molar-refractivity contribution >= 4 is 17.7 Å². The van der Waals surface area contributed by atoms with Crippen LogP contribution in [0.2, 0.25) is 0 Å². The number of hydrogen-bond acceptors (Lipinski definition) is 2. The van der Waals surface area contributed by atoms with E-state index in [1.807, 2.05) is 6.92 Å². The van der Waals surface area contributed by atoms with Crippen LogP contribution in [0.3, 0.4) is 0 Å². The molecule has 0 bridgehead atoms. The number of thioether (sulfide) groups is 1. The molecule has 104 valence electrons. The molecule has 1 aromatic carbocycles. The Morgan fingerprint density at radius 3 is 2.84 bits per heavy atom. The van der Waals surface area contributed by atoms with Crippen LogP contribution in [0.1, 0.15) is 43.7 Å². The molecular formula is C16H23NOS. The molecule has 1 fully saturated rings. The molecule has 2 nitrogen and oxygen atoms in total. The number of aryl methyl sites for hydroxylation is 1. The van der Waals surface area contributed by atoms with Crippen LogP contribution in [0, 0.1) is 6.92 Å². The third-order valence-corrected chi connectivity index (χ3v) is 4.87. The van der Waals surface area contributed by atoms with Gasteiger partial charge in [0, 0.05) is 11.8 Å². The first-order chi connectivity index (χ1) is 9.15. The first-order valence-corrected chi connectivity index (χ1v) is 8.17. The number of benzene rings is 1. The minimum Gasteiger partial charge on any atom is -0.352 e. The maximum Gasteiger partial charge on any atom is 0.233 e. The molecule has 0 heterocycles. The molecule has 1 aliphatic carbocycles. The van der Waals surface area contributed by atoms with E-state index in [-0.39, 0.29) is 11.2 Å². The zero-order valence-corrected chi connectivity index (χ0v) is 12.6. The maximum absolute atomic E-state index is 12.1. The first-order valence-electron chi connectivity index (χ1n) is 7.12. The van der Waals surface area contributed by atoms with Crippen molar-refractivity contribution in [2.75, 3.05) is 0 Å². The summed E-state index contributed by atoms with van der Waals surface area (Å²) in [6, 6.07) is 8.92. The van der Waals surface area contributed by atoms with Crippen molar-refractivity contribution in [2.45, 2.75) is 56.6 Å². The van der Waals surface area contributed by atoms with Gasteiger partial charge in [-0.2, -0.15) is 0 Å². The fraction of sp³-hybridized carbons (Fsp3) is 0.562. The lowest BCUT2D eigenvalue weighted by atomic mass is 10.2. The lowest BCUT2D eigenvalue weighted by molar-refractivity contribution is -0.120. The molecule has 1 aliphatic rings. The summed E-state index contributed by atoms with van der Waals surface area (Å²) in [6.07, 6.45) is 4.83. The average molecular weight is 277 g/mol. The number of carbonyl (C=O) groups excluding carboxylic acids is 1. The van der Waals surface area contributed by atoms with Crippen LogP contribution in [0.25, 0.3) is 0 Å². The Balaban J connectivity index is 1.76. The van der Waals surface area contributed by atoms with E-state index in [9.17, 15) is 4.79 Å². The van der Waals surface area contributed by atoms with Crippen molar-refractivity contribution in [3.63, 3.8) is 0 Å². The highest BCUT2D eigenvalue weighted by Crippen LogP contribution is 2.21. The van der Waals surface area contributed by atoms with Crippen LogP contribution >= 0.6 is 11.8 Å². The monoisotopic (exact) mass is 277 g/mol. The van der Waals surface area contributed by atoms with Crippen LogP contribution in [0.15, 0.2) is 24.3 Å². The van der Waals surface area contributed by atoms with E-state index in [0.29, 0.717) is 6.04 Å². The summed E-state index contributed by atoms with van der Waals surface area (Å²) in [5.41, 5.74) is 2.58. The van der Waals surface area contributed by atoms with Gasteiger partial charge in [-0.05, 0) is 32.3 Å². The minimum absolute atomic E-state index is 0.0288. The van der Waals surface area contributed by atoms with Crippen LogP contribution in [-0.2, 0) is 10.5 Å². The molecule has 0 aliphatic heterocycles. The molecule has 3 heteroatoms. The number of amides is 1. The molecule has 1 aromatic rings. The molecule has 1 saturated carbocycles. The van der Waals surface area contributed by atoms with Gasteiger partial charge in [0.25, 0.3) is 0 Å². The Bertz CT molecular complexity index is 427. The average Bonchev–Trinajstić information content (AvgIpc) is 2.89. The molecule has 1 amide bonds. The Kier molecular flexibility index (Phi) is 5.32. The van der Waals surface area contributed by atoms with Crippen molar-refractivity contribution in [1.82, 2.24) is 5.32 Å². The molecular weight excluding hydrogens is 254 g/mol. The van der Waals surface area contributed by atoms with Crippen molar-refractivity contribution in [3.05, 3.63) is 35.4 Å². The van der Waals surface area contributed by atoms with Crippen molar-refractivity contribution in [1.29, 1.82) is 0 Å². The number of carbonyl (C=O) groups is 1. The standard InChI is InChI=1S/C16H23NOS/c1-12-6-5-7-14(10-12)11-19-13(2)16(18)17-15-8-3-4-9-15/h5-7,10,13,15H,3-4,8-9,11H2,1-2H3,(H,17,18)/t13-/m1/s1. The quantitative estimate of drug-likeness (QED) is 0.889. The smallest absolute Gasteiger partial charge is 0.233 e. The fourth-order valence-electron chi connectivity index (χ4n) is 2.49. The second kappa shape index (κ2) is 6.99. The molecule has 0 radical (unpaired) electrons. The first kappa shape index (κ1) is 14.4. The summed E-state index contributed by atoms with van der Waals surface area (Å²) >= 11 is 1.72. The van der Waals surface area contributed by atoms with Gasteiger partial charge in [0.2, 0.25) is 5.91 Å². The Labute approximate surface area is 120 Å². The lowest BCUT2D eigenvalue weighted by Crippen LogP contribution is -2.37. The maximum atomic E-state index is 12.1. The van der Waals surface area contributed by atoms with Gasteiger partial charge >= 0.3 is 0 Å². The summed E-state index contributed by atoms with van der Waals surface area (Å²) < 4.78 is 0. The number of rotatable bonds is 5. The van der Waals surface area contributed by atoms with Gasteiger partial charge in [-0.25, -0.2) is 0 Å². The van der Waals surface area contributed by atoms with Crippen LogP contribution in [-0.4, -0.2) is 17.2 Å². The van der Waals surface area contributed by atoms with Gasteiger partial charge in [0.15, 0.2) is 0 Å². The second-order valence-electron chi connectivity index (χ2n) is 5.43. The van der Waals surface area contributed by atoms with E-state index < -0.39 is 0 Å². The van der Waals surface area contributed by atoms with Gasteiger partial charge < -0.3 is 5.32 Å². The third kappa shape index (κ3) is 4.57. The van der Waals surface area contributed by atoms with Gasteiger partial charge in [-0.1, -0.05) is 42.7 Å². The number of hydrogen-bond donors (Lipinski definition) is 1. The van der Waals surface area contributed by atoms with E-state index >= 15 is 0 Å². The molecule has 19 heavy (non-hydrogen) atoms. The third-order valence-electron chi connectivity index (χ3n) is 3.65. The van der Waals surface area contributed by atoms with Crippen LogP contribution in [0.4, 0.5) is 0 Å². The summed E-state index contributed by atoms with van der Waals surface area (Å²) in [5, 5.41) is 3.20. The molecule has 1 N–H and O–H groups in total. The summed E-state index contributed by atoms with van der Waals surface area (Å²) in [7, 11) is 0. The Morgan fingerprint density at radius 1 is 1.42 bits per heavy atom. The molecule has 0 saturated heterocycles. The molecule has 0 aromatic heterocycles. The van der Waals surface area contributed by atoms with E-state index in [2.05, 4.69) is 36.5 Å². The highest BCUT2D eigenvalue weighted by atomic mass is 32.2. The predicted octanol–water partition coefficient (Wildman–Crippen LogP) is 3.68. The minimum atomic E-state index is 0.0288. The fourth-order valence-corrected chi connectivity index (χ4v) is 3.33. The normalized spacial score (nSPS) is 17.4. The van der Waals surface area contributed by atoms with E-state index in [1.165, 1.54) is 24.0 Å². The van der Waals surface area contributed by atoms with Crippen molar-refractivity contribution in [3.8, 4) is 0 Å². The second-order valence-corrected chi connectivity index (χ2v) is 6.76. The van der Waals surface area contributed by atoms with Crippen LogP contribution < -0.4 is 5.32 Å². The Hall–Kier alpha value is -0.960. The Morgan fingerprint density at radius 2 is 2.16 bits per heavy atom. The summed E-state index contributed by atoms with van der Waals surface area (Å²) in [4.78, 5) is 12.1. The highest BCUT2D eigenvalue weighted by molar-refractivity contribution is 7.99. The van der Waals surface area contributed by atoms with Gasteiger partial charge in [0.1, 0.15) is 0 Å². The van der Waals surface area contributed by atoms with Gasteiger partial charge in [0.05, 0.1) is 5.25 Å². The van der Waals surface area contributed by atoms with Crippen LogP contribution in [0.5, 0.6) is 0 Å². The predicted molar refractivity (Wildman–Crippen MR) is 82.3 cm³/mol. The zero-order chi connectivity index (χ0) is 13.7. The zero-order valence-electron chi connectivity index (χ0n) is 11.8. The molecule has 2 rings (SSSR count). The molecule has 0 unspecified atom stereocenters. The van der Waals surface area contributed by atoms with E-state index in [1.54, 1.807) is 11.8 Å². The molecule has 1 atom stereocenters. The van der Waals surface area contributed by atoms with Gasteiger partial charge in [-0.15, -0.1) is 11.8 Å².